The van der Waals surface area contributed by atoms with Gasteiger partial charge in [0.15, 0.2) is 0 Å². The first-order valence-electron chi connectivity index (χ1n) is 14.5. The number of alkyl halides is 3. The Morgan fingerprint density at radius 2 is 1.30 bits per heavy atom. The molecule has 4 aliphatic carbocycles. The van der Waals surface area contributed by atoms with Crippen molar-refractivity contribution in [2.24, 2.45) is 41.4 Å². The predicted molar refractivity (Wildman–Crippen MR) is 124 cm³/mol. The van der Waals surface area contributed by atoms with Crippen LogP contribution in [0.2, 0.25) is 0 Å². The van der Waals surface area contributed by atoms with Crippen LogP contribution in [0.5, 0.6) is 0 Å². The average molecular weight is 468 g/mol. The van der Waals surface area contributed by atoms with Gasteiger partial charge in [-0.25, -0.2) is 0 Å². The molecule has 0 radical (unpaired) electrons. The number of nitrogens with one attached hydrogen (secondary N) is 1. The minimum absolute atomic E-state index is 0.220. The molecule has 4 saturated carbocycles. The Labute approximate surface area is 198 Å². The van der Waals surface area contributed by atoms with Gasteiger partial charge in [0.1, 0.15) is 0 Å². The van der Waals surface area contributed by atoms with E-state index in [0.717, 1.165) is 37.1 Å². The standard InChI is InChI=1S/C28H44F3NO/c29-28(30,31)20-7-3-6-18(15-20)21-8-4-9-23-22-13-11-19(16-26(22)33-27(21)23)25-14-12-17-5-1-2-10-24(17)32-25/h17-27,32H,1-16H2. The van der Waals surface area contributed by atoms with Crippen LogP contribution in [0.15, 0.2) is 0 Å². The molecule has 11 unspecified atom stereocenters. The summed E-state index contributed by atoms with van der Waals surface area (Å²) in [6, 6.07) is 1.41. The van der Waals surface area contributed by atoms with Crippen molar-refractivity contribution in [1.82, 2.24) is 5.32 Å². The molecule has 188 valence electrons. The number of ether oxygens (including phenoxy) is 1. The molecule has 6 fully saturated rings. The van der Waals surface area contributed by atoms with Gasteiger partial charge in [-0.15, -0.1) is 0 Å². The molecule has 0 aromatic heterocycles. The molecule has 11 atom stereocenters. The first-order valence-corrected chi connectivity index (χ1v) is 14.5. The van der Waals surface area contributed by atoms with E-state index in [4.69, 9.17) is 4.74 Å². The fourth-order valence-corrected chi connectivity index (χ4v) is 9.61. The second-order valence-corrected chi connectivity index (χ2v) is 12.8. The molecule has 2 heterocycles. The summed E-state index contributed by atoms with van der Waals surface area (Å²) in [6.07, 6.45) is 14.7. The van der Waals surface area contributed by atoms with Gasteiger partial charge < -0.3 is 10.1 Å². The lowest BCUT2D eigenvalue weighted by molar-refractivity contribution is -0.190. The fourth-order valence-electron chi connectivity index (χ4n) is 9.61. The van der Waals surface area contributed by atoms with Gasteiger partial charge in [0.05, 0.1) is 18.1 Å². The third-order valence-corrected chi connectivity index (χ3v) is 11.2. The highest BCUT2D eigenvalue weighted by atomic mass is 19.4. The number of hydrogen-bond acceptors (Lipinski definition) is 2. The van der Waals surface area contributed by atoms with Gasteiger partial charge in [-0.05, 0) is 106 Å². The van der Waals surface area contributed by atoms with Gasteiger partial charge in [0, 0.05) is 12.1 Å². The Kier molecular flexibility index (Phi) is 6.52. The lowest BCUT2D eigenvalue weighted by Gasteiger charge is -2.45. The highest BCUT2D eigenvalue weighted by molar-refractivity contribution is 5.03. The smallest absolute Gasteiger partial charge is 0.374 e. The first-order chi connectivity index (χ1) is 16.0. The summed E-state index contributed by atoms with van der Waals surface area (Å²) in [7, 11) is 0. The third-order valence-electron chi connectivity index (χ3n) is 11.2. The number of piperidine rings is 1. The van der Waals surface area contributed by atoms with E-state index in [1.54, 1.807) is 0 Å². The normalized spacial score (nSPS) is 50.8. The molecule has 2 aliphatic heterocycles. The molecule has 0 bridgehead atoms. The molecule has 2 saturated heterocycles. The molecule has 0 amide bonds. The second-order valence-electron chi connectivity index (χ2n) is 12.8. The van der Waals surface area contributed by atoms with Crippen LogP contribution in [0.4, 0.5) is 13.2 Å². The molecule has 0 aromatic carbocycles. The summed E-state index contributed by atoms with van der Waals surface area (Å²) in [5.74, 6) is 2.44. The number of hydrogen-bond donors (Lipinski definition) is 1. The van der Waals surface area contributed by atoms with Crippen LogP contribution < -0.4 is 5.32 Å². The molecular weight excluding hydrogens is 423 g/mol. The summed E-state index contributed by atoms with van der Waals surface area (Å²) >= 11 is 0. The van der Waals surface area contributed by atoms with Gasteiger partial charge in [-0.1, -0.05) is 32.1 Å². The third kappa shape index (κ3) is 4.52. The monoisotopic (exact) mass is 467 g/mol. The molecule has 5 heteroatoms. The zero-order valence-corrected chi connectivity index (χ0v) is 20.2. The largest absolute Gasteiger partial charge is 0.391 e. The van der Waals surface area contributed by atoms with E-state index in [1.165, 1.54) is 70.6 Å². The van der Waals surface area contributed by atoms with Gasteiger partial charge in [0.25, 0.3) is 0 Å². The van der Waals surface area contributed by atoms with Crippen molar-refractivity contribution >= 4 is 0 Å². The maximum Gasteiger partial charge on any atom is 0.391 e. The molecule has 1 N–H and O–H groups in total. The summed E-state index contributed by atoms with van der Waals surface area (Å²) < 4.78 is 47.3. The van der Waals surface area contributed by atoms with E-state index < -0.39 is 12.1 Å². The Hall–Kier alpha value is -0.290. The summed E-state index contributed by atoms with van der Waals surface area (Å²) in [5.41, 5.74) is 0. The number of rotatable bonds is 2. The van der Waals surface area contributed by atoms with Crippen LogP contribution in [-0.2, 0) is 4.74 Å². The molecule has 0 spiro atoms. The number of halogens is 3. The minimum atomic E-state index is -4.02. The van der Waals surface area contributed by atoms with E-state index >= 15 is 0 Å². The SMILES string of the molecule is FC(F)(F)C1CCCC(C2CCCC3C4CCC(C5CCC6CCCCC6N5)CC4OC23)C1. The van der Waals surface area contributed by atoms with E-state index in [9.17, 15) is 13.2 Å². The lowest BCUT2D eigenvalue weighted by atomic mass is 9.63. The maximum atomic E-state index is 13.5. The fraction of sp³-hybridized carbons (Fsp3) is 1.00. The van der Waals surface area contributed by atoms with Gasteiger partial charge >= 0.3 is 6.18 Å². The molecular formula is C28H44F3NO. The Morgan fingerprint density at radius 1 is 0.576 bits per heavy atom. The quantitative estimate of drug-likeness (QED) is 0.461. The van der Waals surface area contributed by atoms with Gasteiger partial charge in [-0.2, -0.15) is 13.2 Å². The van der Waals surface area contributed by atoms with Gasteiger partial charge in [0.2, 0.25) is 0 Å². The van der Waals surface area contributed by atoms with Gasteiger partial charge in [-0.3, -0.25) is 0 Å². The first kappa shape index (κ1) is 23.1. The predicted octanol–water partition coefficient (Wildman–Crippen LogP) is 7.27. The zero-order chi connectivity index (χ0) is 22.6. The zero-order valence-electron chi connectivity index (χ0n) is 20.2. The van der Waals surface area contributed by atoms with Crippen LogP contribution in [0.3, 0.4) is 0 Å². The van der Waals surface area contributed by atoms with Crippen LogP contribution in [0.1, 0.15) is 103 Å². The van der Waals surface area contributed by atoms with Crippen molar-refractivity contribution in [2.45, 2.75) is 133 Å². The van der Waals surface area contributed by atoms with E-state index in [0.29, 0.717) is 42.7 Å². The molecule has 6 aliphatic rings. The lowest BCUT2D eigenvalue weighted by Crippen LogP contribution is -2.53. The van der Waals surface area contributed by atoms with Crippen molar-refractivity contribution in [3.63, 3.8) is 0 Å². The van der Waals surface area contributed by atoms with E-state index in [2.05, 4.69) is 5.32 Å². The second kappa shape index (κ2) is 9.30. The Bertz CT molecular complexity index is 683. The molecule has 0 aromatic rings. The molecule has 6 rings (SSSR count). The summed E-state index contributed by atoms with van der Waals surface area (Å²) in [5, 5.41) is 4.09. The van der Waals surface area contributed by atoms with Crippen LogP contribution in [-0.4, -0.2) is 30.5 Å². The van der Waals surface area contributed by atoms with Crippen molar-refractivity contribution in [3.8, 4) is 0 Å². The highest BCUT2D eigenvalue weighted by Crippen LogP contribution is 2.55. The van der Waals surface area contributed by atoms with Crippen molar-refractivity contribution in [1.29, 1.82) is 0 Å². The van der Waals surface area contributed by atoms with Crippen LogP contribution >= 0.6 is 0 Å². The van der Waals surface area contributed by atoms with E-state index in [-0.39, 0.29) is 12.0 Å². The molecule has 2 nitrogen and oxygen atoms in total. The van der Waals surface area contributed by atoms with Crippen LogP contribution in [0, 0.1) is 41.4 Å². The summed E-state index contributed by atoms with van der Waals surface area (Å²) in [4.78, 5) is 0. The maximum absolute atomic E-state index is 13.5. The topological polar surface area (TPSA) is 21.3 Å². The van der Waals surface area contributed by atoms with Crippen LogP contribution in [0.25, 0.3) is 0 Å². The molecule has 33 heavy (non-hydrogen) atoms. The van der Waals surface area contributed by atoms with Crippen molar-refractivity contribution in [3.05, 3.63) is 0 Å². The Balaban J connectivity index is 1.10. The van der Waals surface area contributed by atoms with Crippen molar-refractivity contribution in [2.75, 3.05) is 0 Å². The highest BCUT2D eigenvalue weighted by Gasteiger charge is 2.54. The number of fused-ring (bicyclic) bond motifs is 4. The van der Waals surface area contributed by atoms with Crippen molar-refractivity contribution < 1.29 is 17.9 Å². The summed E-state index contributed by atoms with van der Waals surface area (Å²) in [6.45, 7) is 0. The Morgan fingerprint density at radius 3 is 2.18 bits per heavy atom. The minimum Gasteiger partial charge on any atom is -0.374 e. The van der Waals surface area contributed by atoms with E-state index in [1.807, 2.05) is 0 Å². The average Bonchev–Trinajstić information content (AvgIpc) is 3.21.